The van der Waals surface area contributed by atoms with Crippen LogP contribution in [0.15, 0.2) is 36.4 Å². The maximum absolute atomic E-state index is 13.8. The van der Waals surface area contributed by atoms with Gasteiger partial charge < -0.3 is 14.4 Å². The largest absolute Gasteiger partial charge is 0.496 e. The molecule has 0 radical (unpaired) electrons. The van der Waals surface area contributed by atoms with Crippen LogP contribution in [0.25, 0.3) is 10.2 Å². The number of halogens is 2. The number of thiazole rings is 1. The SMILES string of the molecule is COc1ccccc1C(=O)N1CCC(Oc2nc3c(F)cc(F)cc3s2)CC1. The monoisotopic (exact) mass is 404 g/mol. The fraction of sp³-hybridized carbons (Fsp3) is 0.300. The molecular formula is C20H18F2N2O3S. The molecule has 0 atom stereocenters. The fourth-order valence-corrected chi connectivity index (χ4v) is 4.22. The van der Waals surface area contributed by atoms with Gasteiger partial charge in [0, 0.05) is 32.0 Å². The Bertz CT molecular complexity index is 1020. The Balaban J connectivity index is 1.40. The number of hydrogen-bond donors (Lipinski definition) is 0. The van der Waals surface area contributed by atoms with Gasteiger partial charge in [-0.15, -0.1) is 0 Å². The number of para-hydroxylation sites is 1. The maximum atomic E-state index is 13.8. The molecule has 28 heavy (non-hydrogen) atoms. The molecule has 1 saturated heterocycles. The summed E-state index contributed by atoms with van der Waals surface area (Å²) in [5.74, 6) is -0.857. The minimum Gasteiger partial charge on any atom is -0.496 e. The lowest BCUT2D eigenvalue weighted by molar-refractivity contribution is 0.0592. The molecule has 1 fully saturated rings. The van der Waals surface area contributed by atoms with Crippen molar-refractivity contribution in [1.82, 2.24) is 9.88 Å². The highest BCUT2D eigenvalue weighted by Gasteiger charge is 2.27. The second-order valence-corrected chi connectivity index (χ2v) is 7.52. The molecule has 1 aromatic heterocycles. The summed E-state index contributed by atoms with van der Waals surface area (Å²) in [6, 6.07) is 9.20. The summed E-state index contributed by atoms with van der Waals surface area (Å²) in [6.45, 7) is 1.07. The van der Waals surface area contributed by atoms with Gasteiger partial charge in [-0.3, -0.25) is 4.79 Å². The van der Waals surface area contributed by atoms with Gasteiger partial charge in [-0.05, 0) is 18.2 Å². The average Bonchev–Trinajstić information content (AvgIpc) is 3.10. The van der Waals surface area contributed by atoms with Gasteiger partial charge in [0.05, 0.1) is 17.4 Å². The molecule has 0 unspecified atom stereocenters. The van der Waals surface area contributed by atoms with E-state index < -0.39 is 11.6 Å². The first-order chi connectivity index (χ1) is 13.5. The Kier molecular flexibility index (Phi) is 5.13. The lowest BCUT2D eigenvalue weighted by atomic mass is 10.1. The van der Waals surface area contributed by atoms with Crippen molar-refractivity contribution in [1.29, 1.82) is 0 Å². The standard InChI is InChI=1S/C20H18F2N2O3S/c1-26-16-5-3-2-4-14(16)19(25)24-8-6-13(7-9-24)27-20-23-18-15(22)10-12(21)11-17(18)28-20/h2-5,10-11,13H,6-9H2,1H3. The molecule has 4 rings (SSSR count). The van der Waals surface area contributed by atoms with E-state index >= 15 is 0 Å². The van der Waals surface area contributed by atoms with Crippen LogP contribution in [0.5, 0.6) is 10.9 Å². The minimum absolute atomic E-state index is 0.0755. The van der Waals surface area contributed by atoms with E-state index in [9.17, 15) is 13.6 Å². The van der Waals surface area contributed by atoms with Crippen molar-refractivity contribution in [3.8, 4) is 10.9 Å². The molecule has 8 heteroatoms. The number of aromatic nitrogens is 1. The van der Waals surface area contributed by atoms with E-state index in [2.05, 4.69) is 4.98 Å². The molecule has 3 aromatic rings. The molecule has 0 bridgehead atoms. The number of carbonyl (C=O) groups excluding carboxylic acids is 1. The number of nitrogens with zero attached hydrogens (tertiary/aromatic N) is 2. The van der Waals surface area contributed by atoms with E-state index in [1.54, 1.807) is 30.2 Å². The number of methoxy groups -OCH3 is 1. The molecular weight excluding hydrogens is 386 g/mol. The highest BCUT2D eigenvalue weighted by Crippen LogP contribution is 2.32. The van der Waals surface area contributed by atoms with Crippen LogP contribution in [-0.2, 0) is 0 Å². The summed E-state index contributed by atoms with van der Waals surface area (Å²) in [5.41, 5.74) is 0.651. The van der Waals surface area contributed by atoms with Gasteiger partial charge in [-0.1, -0.05) is 23.5 Å². The molecule has 5 nitrogen and oxygen atoms in total. The molecule has 146 valence electrons. The first-order valence-corrected chi connectivity index (χ1v) is 9.71. The quantitative estimate of drug-likeness (QED) is 0.652. The summed E-state index contributed by atoms with van der Waals surface area (Å²) in [7, 11) is 1.54. The van der Waals surface area contributed by atoms with E-state index in [-0.39, 0.29) is 17.5 Å². The third kappa shape index (κ3) is 3.64. The molecule has 2 heterocycles. The van der Waals surface area contributed by atoms with Crippen molar-refractivity contribution in [2.24, 2.45) is 0 Å². The number of benzene rings is 2. The third-order valence-electron chi connectivity index (χ3n) is 4.73. The molecule has 1 aliphatic rings. The molecule has 0 spiro atoms. The summed E-state index contributed by atoms with van der Waals surface area (Å²) in [5, 5.41) is 0.314. The second kappa shape index (κ2) is 7.71. The maximum Gasteiger partial charge on any atom is 0.274 e. The highest BCUT2D eigenvalue weighted by atomic mass is 32.1. The van der Waals surface area contributed by atoms with Crippen molar-refractivity contribution < 1.29 is 23.0 Å². The van der Waals surface area contributed by atoms with Crippen molar-refractivity contribution in [2.45, 2.75) is 18.9 Å². The van der Waals surface area contributed by atoms with Gasteiger partial charge in [-0.2, -0.15) is 4.98 Å². The number of rotatable bonds is 4. The number of ether oxygens (including phenoxy) is 2. The van der Waals surface area contributed by atoms with Gasteiger partial charge in [0.15, 0.2) is 5.82 Å². The van der Waals surface area contributed by atoms with Crippen LogP contribution < -0.4 is 9.47 Å². The number of amides is 1. The zero-order valence-corrected chi connectivity index (χ0v) is 16.0. The van der Waals surface area contributed by atoms with Crippen LogP contribution in [0, 0.1) is 11.6 Å². The van der Waals surface area contributed by atoms with E-state index in [1.807, 2.05) is 6.07 Å². The van der Waals surface area contributed by atoms with E-state index in [0.717, 1.165) is 17.4 Å². The van der Waals surface area contributed by atoms with Gasteiger partial charge >= 0.3 is 0 Å². The topological polar surface area (TPSA) is 51.7 Å². The van der Waals surface area contributed by atoms with Crippen LogP contribution in [-0.4, -0.2) is 42.1 Å². The predicted molar refractivity (Wildman–Crippen MR) is 102 cm³/mol. The third-order valence-corrected chi connectivity index (χ3v) is 5.62. The Morgan fingerprint density at radius 3 is 2.71 bits per heavy atom. The van der Waals surface area contributed by atoms with E-state index in [4.69, 9.17) is 9.47 Å². The van der Waals surface area contributed by atoms with Gasteiger partial charge in [-0.25, -0.2) is 8.78 Å². The first-order valence-electron chi connectivity index (χ1n) is 8.89. The lowest BCUT2D eigenvalue weighted by Gasteiger charge is -2.31. The van der Waals surface area contributed by atoms with Crippen LogP contribution in [0.2, 0.25) is 0 Å². The van der Waals surface area contributed by atoms with Crippen LogP contribution >= 0.6 is 11.3 Å². The van der Waals surface area contributed by atoms with Gasteiger partial charge in [0.1, 0.15) is 23.2 Å². The van der Waals surface area contributed by atoms with Crippen molar-refractivity contribution >= 4 is 27.5 Å². The first kappa shape index (κ1) is 18.6. The zero-order valence-electron chi connectivity index (χ0n) is 15.2. The Hall–Kier alpha value is -2.74. The predicted octanol–water partition coefficient (Wildman–Crippen LogP) is 4.27. The van der Waals surface area contributed by atoms with Crippen molar-refractivity contribution in [3.05, 3.63) is 53.6 Å². The Morgan fingerprint density at radius 2 is 1.96 bits per heavy atom. The number of hydrogen-bond acceptors (Lipinski definition) is 5. The Morgan fingerprint density at radius 1 is 1.21 bits per heavy atom. The second-order valence-electron chi connectivity index (χ2n) is 6.52. The van der Waals surface area contributed by atoms with Crippen molar-refractivity contribution in [3.63, 3.8) is 0 Å². The average molecular weight is 404 g/mol. The lowest BCUT2D eigenvalue weighted by Crippen LogP contribution is -2.41. The molecule has 1 amide bonds. The molecule has 1 aliphatic heterocycles. The number of carbonyl (C=O) groups is 1. The zero-order chi connectivity index (χ0) is 19.7. The summed E-state index contributed by atoms with van der Waals surface area (Å²) >= 11 is 1.12. The Labute approximate surface area is 164 Å². The smallest absolute Gasteiger partial charge is 0.274 e. The van der Waals surface area contributed by atoms with E-state index in [0.29, 0.717) is 47.1 Å². The number of fused-ring (bicyclic) bond motifs is 1. The number of piperidine rings is 1. The summed E-state index contributed by atoms with van der Waals surface area (Å²) in [6.07, 6.45) is 1.14. The molecule has 0 saturated carbocycles. The minimum atomic E-state index is -0.696. The summed E-state index contributed by atoms with van der Waals surface area (Å²) in [4.78, 5) is 18.6. The van der Waals surface area contributed by atoms with Crippen LogP contribution in [0.1, 0.15) is 23.2 Å². The molecule has 0 N–H and O–H groups in total. The van der Waals surface area contributed by atoms with Gasteiger partial charge in [0.25, 0.3) is 11.1 Å². The van der Waals surface area contributed by atoms with Crippen LogP contribution in [0.3, 0.4) is 0 Å². The van der Waals surface area contributed by atoms with Gasteiger partial charge in [0.2, 0.25) is 0 Å². The highest BCUT2D eigenvalue weighted by molar-refractivity contribution is 7.20. The van der Waals surface area contributed by atoms with Crippen molar-refractivity contribution in [2.75, 3.05) is 20.2 Å². The normalized spacial score (nSPS) is 15.0. The van der Waals surface area contributed by atoms with Crippen LogP contribution in [0.4, 0.5) is 8.78 Å². The summed E-state index contributed by atoms with van der Waals surface area (Å²) < 4.78 is 38.7. The van der Waals surface area contributed by atoms with E-state index in [1.165, 1.54) is 6.07 Å². The molecule has 0 aliphatic carbocycles. The number of likely N-dealkylation sites (tertiary alicyclic amines) is 1. The molecule has 2 aromatic carbocycles. The fourth-order valence-electron chi connectivity index (χ4n) is 3.30.